The number of aliphatic hydroxyl groups is 1. The van der Waals surface area contributed by atoms with Crippen molar-refractivity contribution in [3.8, 4) is 11.5 Å². The van der Waals surface area contributed by atoms with E-state index in [2.05, 4.69) is 5.11 Å². The van der Waals surface area contributed by atoms with Crippen molar-refractivity contribution in [2.75, 3.05) is 20.6 Å². The molecule has 2 bridgehead atoms. The van der Waals surface area contributed by atoms with Crippen molar-refractivity contribution in [3.63, 3.8) is 0 Å². The molecule has 1 spiro atoms. The zero-order chi connectivity index (χ0) is 24.6. The highest BCUT2D eigenvalue weighted by molar-refractivity contribution is 5.62. The van der Waals surface area contributed by atoms with Crippen LogP contribution < -0.4 is 9.47 Å². The summed E-state index contributed by atoms with van der Waals surface area (Å²) in [4.78, 5) is 0.878. The van der Waals surface area contributed by atoms with Gasteiger partial charge in [-0.3, -0.25) is 0 Å². The van der Waals surface area contributed by atoms with Gasteiger partial charge in [-0.15, -0.1) is 0 Å². The minimum atomic E-state index is -2.80. The summed E-state index contributed by atoms with van der Waals surface area (Å²) in [6.45, 7) is -3.06. The molecule has 1 N–H and O–H groups in total. The lowest BCUT2D eigenvalue weighted by molar-refractivity contribution is -0.0453. The Morgan fingerprint density at radius 1 is 1.64 bits per heavy atom. The number of likely N-dealkylation sites (tertiary alicyclic amines) is 1. The van der Waals surface area contributed by atoms with Crippen LogP contribution in [0, 0.1) is 5.89 Å². The van der Waals surface area contributed by atoms with Gasteiger partial charge in [-0.05, 0) is 37.9 Å². The van der Waals surface area contributed by atoms with Crippen molar-refractivity contribution in [2.45, 2.75) is 36.4 Å². The molecule has 0 saturated carbocycles. The third kappa shape index (κ3) is 1.28. The average molecular weight is 310 g/mol. The van der Waals surface area contributed by atoms with E-state index in [9.17, 15) is 2.74 Å². The first-order chi connectivity index (χ1) is 15.1. The van der Waals surface area contributed by atoms with E-state index in [4.69, 9.17) is 21.9 Å². The molecule has 2 aliphatic heterocycles. The molecule has 5 rings (SSSR count). The van der Waals surface area contributed by atoms with Crippen LogP contribution in [0.2, 0.25) is 0 Å². The fraction of sp³-hybridized carbons (Fsp3) is 0.556. The summed E-state index contributed by atoms with van der Waals surface area (Å²) in [7, 11) is 1.22. The van der Waals surface area contributed by atoms with Crippen molar-refractivity contribution in [2.24, 2.45) is 5.89 Å². The van der Waals surface area contributed by atoms with E-state index in [-0.39, 0.29) is 35.6 Å². The van der Waals surface area contributed by atoms with E-state index >= 15 is 0 Å². The standard InChI is InChI=1S/C18H21NO3/c1-19-8-7-18-11-4-5-13(20)17(18)22-16-14(21-2)6-3-10(15(16)18)9-12(11)19/h3-6,11-13,17,20H,7-9H2,1-2H3/t11-,12+,13?,17?,18-/m0/s1/i1D3,3D,6D,9D2,11D,13D,17D,20D. The second-order valence-corrected chi connectivity index (χ2v) is 5.84. The van der Waals surface area contributed by atoms with Crippen LogP contribution >= 0.6 is 0 Å². The van der Waals surface area contributed by atoms with Crippen molar-refractivity contribution in [1.29, 1.82) is 1.43 Å². The zero-order valence-electron chi connectivity index (χ0n) is 22.8. The van der Waals surface area contributed by atoms with Gasteiger partial charge in [-0.2, -0.15) is 0 Å². The Morgan fingerprint density at radius 3 is 3.41 bits per heavy atom. The summed E-state index contributed by atoms with van der Waals surface area (Å²) in [5, 5.41) is 4.63. The van der Waals surface area contributed by atoms with Crippen LogP contribution in [0.4, 0.5) is 0 Å². The molecule has 1 fully saturated rings. The van der Waals surface area contributed by atoms with Gasteiger partial charge >= 0.3 is 0 Å². The molecule has 0 aromatic heterocycles. The molecule has 22 heavy (non-hydrogen) atoms. The Labute approximate surface area is 145 Å². The minimum absolute atomic E-state index is 0.0604. The highest BCUT2D eigenvalue weighted by atomic mass is 16.5. The summed E-state index contributed by atoms with van der Waals surface area (Å²) in [6.07, 6.45) is -5.76. The van der Waals surface area contributed by atoms with Crippen LogP contribution in [0.3, 0.4) is 0 Å². The summed E-state index contributed by atoms with van der Waals surface area (Å²) >= 11 is 0. The highest BCUT2D eigenvalue weighted by Crippen LogP contribution is 2.62. The first kappa shape index (κ1) is 6.17. The lowest BCUT2D eigenvalue weighted by Crippen LogP contribution is -2.64. The predicted octanol–water partition coefficient (Wildman–Crippen LogP) is 1.50. The van der Waals surface area contributed by atoms with E-state index in [0.717, 1.165) is 17.1 Å². The number of likely N-dealkylation sites (N-methyl/N-ethyl adjacent to an activating group) is 1. The van der Waals surface area contributed by atoms with E-state index in [1.165, 1.54) is 7.11 Å². The van der Waals surface area contributed by atoms with Gasteiger partial charge in [0.15, 0.2) is 11.5 Å². The average Bonchev–Trinajstić information content (AvgIpc) is 2.98. The largest absolute Gasteiger partial charge is 0.493 e. The second kappa shape index (κ2) is 4.06. The lowest BCUT2D eigenvalue weighted by atomic mass is 9.53. The number of piperidine rings is 1. The van der Waals surface area contributed by atoms with Crippen molar-refractivity contribution in [1.82, 2.24) is 4.90 Å². The van der Waals surface area contributed by atoms with E-state index < -0.39 is 54.9 Å². The maximum atomic E-state index is 9.50. The molecule has 4 heteroatoms. The van der Waals surface area contributed by atoms with Crippen molar-refractivity contribution < 1.29 is 28.3 Å². The van der Waals surface area contributed by atoms with Crippen LogP contribution in [-0.4, -0.2) is 50.3 Å². The van der Waals surface area contributed by atoms with Gasteiger partial charge in [0.2, 0.25) is 1.43 Å². The Hall–Kier alpha value is -1.52. The Morgan fingerprint density at radius 2 is 2.59 bits per heavy atom. The quantitative estimate of drug-likeness (QED) is 0.841. The summed E-state index contributed by atoms with van der Waals surface area (Å²) in [5.74, 6) is -2.65. The lowest BCUT2D eigenvalue weighted by Gasteiger charge is -2.56. The summed E-state index contributed by atoms with van der Waals surface area (Å²) in [5.41, 5.74) is -2.30. The Balaban J connectivity index is 2.01. The maximum Gasteiger partial charge on any atom is 0.211 e. The van der Waals surface area contributed by atoms with Crippen LogP contribution in [0.25, 0.3) is 0 Å². The molecule has 4 nitrogen and oxygen atoms in total. The third-order valence-corrected chi connectivity index (χ3v) is 4.95. The van der Waals surface area contributed by atoms with Gasteiger partial charge in [-0.1, -0.05) is 18.2 Å². The fourth-order valence-corrected chi connectivity index (χ4v) is 4.03. The molecule has 1 aromatic rings. The van der Waals surface area contributed by atoms with Crippen molar-refractivity contribution in [3.05, 3.63) is 35.4 Å². The molecule has 5 atom stereocenters. The first-order valence-electron chi connectivity index (χ1n) is 12.5. The van der Waals surface area contributed by atoms with Gasteiger partial charge in [0, 0.05) is 31.1 Å². The predicted molar refractivity (Wildman–Crippen MR) is 82.5 cm³/mol. The smallest absolute Gasteiger partial charge is 0.211 e. The molecule has 2 aliphatic carbocycles. The van der Waals surface area contributed by atoms with E-state index in [1.54, 1.807) is 0 Å². The minimum Gasteiger partial charge on any atom is -0.493 e. The second-order valence-electron chi connectivity index (χ2n) is 5.84. The molecular formula is C18H21NO3. The van der Waals surface area contributed by atoms with Crippen LogP contribution in [0.15, 0.2) is 24.2 Å². The Bertz CT molecular complexity index is 1110. The first-order valence-corrected chi connectivity index (χ1v) is 7.11. The molecule has 2 heterocycles. The number of nitrogens with zero attached hydrogens (tertiary/aromatic N) is 1. The number of ether oxygens (including phenoxy) is 2. The number of hydrogen-bond donors (Lipinski definition) is 1. The molecule has 0 amide bonds. The van der Waals surface area contributed by atoms with Gasteiger partial charge in [0.1, 0.15) is 12.2 Å². The monoisotopic (exact) mass is 310 g/mol. The summed E-state index contributed by atoms with van der Waals surface area (Å²) in [6, 6.07) is -2.80. The molecule has 1 saturated heterocycles. The van der Waals surface area contributed by atoms with Crippen LogP contribution in [-0.2, 0) is 11.8 Å². The number of benzene rings is 1. The van der Waals surface area contributed by atoms with Crippen LogP contribution in [0.1, 0.15) is 31.3 Å². The highest BCUT2D eigenvalue weighted by Gasteiger charge is 2.64. The fourth-order valence-electron chi connectivity index (χ4n) is 4.03. The molecule has 2 unspecified atom stereocenters. The molecule has 4 aliphatic rings. The zero-order valence-corrected chi connectivity index (χ0v) is 11.8. The summed E-state index contributed by atoms with van der Waals surface area (Å²) < 4.78 is 105. The topological polar surface area (TPSA) is 41.9 Å². The van der Waals surface area contributed by atoms with E-state index in [1.807, 2.05) is 0 Å². The van der Waals surface area contributed by atoms with Gasteiger partial charge in [-0.25, -0.2) is 0 Å². The molecule has 1 aromatic carbocycles. The third-order valence-electron chi connectivity index (χ3n) is 4.95. The van der Waals surface area contributed by atoms with E-state index in [0.29, 0.717) is 0 Å². The molecule has 0 radical (unpaired) electrons. The molecular weight excluding hydrogens is 278 g/mol. The Kier molecular flexibility index (Phi) is 1.14. The normalized spacial score (nSPS) is 61.1. The number of methoxy groups -OCH3 is 1. The van der Waals surface area contributed by atoms with Gasteiger partial charge in [0.05, 0.1) is 12.6 Å². The van der Waals surface area contributed by atoms with Gasteiger partial charge in [0.25, 0.3) is 0 Å². The van der Waals surface area contributed by atoms with Crippen molar-refractivity contribution >= 4 is 0 Å². The SMILES string of the molecule is [2H]OC1([2H])C=C[C@@]2([2H])[C@@H]3N(C([2H])([2H])[2H])CC[C@@]24c2c(c(OC)c([2H])c([2H])c2C3([2H])[2H])OC14[2H]. The van der Waals surface area contributed by atoms with Crippen LogP contribution in [0.5, 0.6) is 11.5 Å². The van der Waals surface area contributed by atoms with Gasteiger partial charge < -0.3 is 19.5 Å². The molecule has 116 valence electrons. The maximum absolute atomic E-state index is 9.50. The number of rotatable bonds is 2. The number of hydrogen-bond acceptors (Lipinski definition) is 4.